The molecule has 1 aromatic rings. The maximum atomic E-state index is 4.14. The molecule has 0 aromatic heterocycles. The van der Waals surface area contributed by atoms with E-state index in [-0.39, 0.29) is 0 Å². The molecule has 0 aliphatic carbocycles. The van der Waals surface area contributed by atoms with Crippen LogP contribution in [0.25, 0.3) is 0 Å². The zero-order valence-corrected chi connectivity index (χ0v) is 17.3. The summed E-state index contributed by atoms with van der Waals surface area (Å²) in [7, 11) is -5.09. The van der Waals surface area contributed by atoms with Gasteiger partial charge in [-0.05, 0) is 51.4 Å². The Labute approximate surface area is 133 Å². The fourth-order valence-corrected chi connectivity index (χ4v) is 20.2. The van der Waals surface area contributed by atoms with Crippen LogP contribution >= 0.6 is 0 Å². The zero-order valence-electron chi connectivity index (χ0n) is 14.3. The molecule has 1 aromatic carbocycles. The largest absolute Gasteiger partial charge is 0.404 e. The minimum Gasteiger partial charge on any atom is -0.404 e. The number of nitrogens with zero attached hydrogens (tertiary/aromatic N) is 2. The van der Waals surface area contributed by atoms with Crippen molar-refractivity contribution in [3.63, 3.8) is 0 Å². The molecule has 1 aliphatic rings. The Bertz CT molecular complexity index is 530. The van der Waals surface area contributed by atoms with Gasteiger partial charge in [0.05, 0.1) is 0 Å². The molecule has 0 N–H and O–H groups in total. The third-order valence-corrected chi connectivity index (χ3v) is 18.8. The Hall–Kier alpha value is -1.05. The molecule has 1 heterocycles. The van der Waals surface area contributed by atoms with Crippen molar-refractivity contribution in [1.29, 1.82) is 0 Å². The topological polar surface area (TPSA) is 6.48 Å². The minimum absolute atomic E-state index is 1.41. The molecular formula is C16H28N2Si3. The lowest BCUT2D eigenvalue weighted by Crippen LogP contribution is -2.71. The number of anilines is 2. The standard InChI is InChI=1S/C16H28N2Si3/c1-9-19(3,4)17-15-13-11-12-14-16(15)18(21(17,7)8)20(5,6)10-2/h9-14H,1-2H2,3-8H3. The predicted molar refractivity (Wildman–Crippen MR) is 104 cm³/mol. The Morgan fingerprint density at radius 2 is 1.19 bits per heavy atom. The average molecular weight is 333 g/mol. The highest BCUT2D eigenvalue weighted by atomic mass is 28.4. The third kappa shape index (κ3) is 2.37. The highest BCUT2D eigenvalue weighted by Gasteiger charge is 2.53. The van der Waals surface area contributed by atoms with Crippen molar-refractivity contribution >= 4 is 36.2 Å². The van der Waals surface area contributed by atoms with Gasteiger partial charge in [0.25, 0.3) is 0 Å². The van der Waals surface area contributed by atoms with Gasteiger partial charge >= 0.3 is 0 Å². The number of hydrogen-bond acceptors (Lipinski definition) is 2. The first kappa shape index (κ1) is 16.3. The smallest absolute Gasteiger partial charge is 0.242 e. The molecule has 21 heavy (non-hydrogen) atoms. The van der Waals surface area contributed by atoms with Gasteiger partial charge in [-0.15, -0.1) is 13.2 Å². The van der Waals surface area contributed by atoms with Crippen LogP contribution in [0, 0.1) is 0 Å². The molecule has 0 unspecified atom stereocenters. The molecule has 114 valence electrons. The van der Waals surface area contributed by atoms with Crippen LogP contribution < -0.4 is 8.46 Å². The van der Waals surface area contributed by atoms with Crippen molar-refractivity contribution < 1.29 is 0 Å². The maximum absolute atomic E-state index is 4.14. The van der Waals surface area contributed by atoms with Gasteiger partial charge in [0.2, 0.25) is 8.40 Å². The van der Waals surface area contributed by atoms with Gasteiger partial charge in [0.15, 0.2) is 16.5 Å². The molecule has 0 amide bonds. The van der Waals surface area contributed by atoms with Crippen molar-refractivity contribution in [2.24, 2.45) is 0 Å². The minimum atomic E-state index is -1.77. The van der Waals surface area contributed by atoms with E-state index >= 15 is 0 Å². The van der Waals surface area contributed by atoms with E-state index in [9.17, 15) is 0 Å². The van der Waals surface area contributed by atoms with E-state index < -0.39 is 24.9 Å². The highest BCUT2D eigenvalue weighted by molar-refractivity contribution is 7.12. The summed E-state index contributed by atoms with van der Waals surface area (Å²) in [6.45, 7) is 22.8. The Kier molecular flexibility index (Phi) is 3.89. The van der Waals surface area contributed by atoms with Crippen molar-refractivity contribution in [2.45, 2.75) is 39.3 Å². The molecule has 0 saturated carbocycles. The van der Waals surface area contributed by atoms with Gasteiger partial charge < -0.3 is 8.46 Å². The number of hydrogen-bond donors (Lipinski definition) is 0. The van der Waals surface area contributed by atoms with Crippen LogP contribution in [0.3, 0.4) is 0 Å². The van der Waals surface area contributed by atoms with E-state index in [0.29, 0.717) is 0 Å². The summed E-state index contributed by atoms with van der Waals surface area (Å²) in [5.74, 6) is 0. The summed E-state index contributed by atoms with van der Waals surface area (Å²) in [4.78, 5) is 0. The normalized spacial score (nSPS) is 17.6. The SMILES string of the molecule is C=C[Si](C)(C)N1c2ccccc2N([Si](C)(C)C=C)[Si]1(C)C. The number of fused-ring (bicyclic) bond motifs is 1. The lowest BCUT2D eigenvalue weighted by atomic mass is 10.3. The van der Waals surface area contributed by atoms with Gasteiger partial charge in [-0.1, -0.05) is 23.5 Å². The molecule has 1 aliphatic heterocycles. The summed E-state index contributed by atoms with van der Waals surface area (Å²) in [5.41, 5.74) is 7.25. The zero-order chi connectivity index (χ0) is 16.1. The molecule has 0 spiro atoms. The second-order valence-electron chi connectivity index (χ2n) is 7.37. The van der Waals surface area contributed by atoms with Gasteiger partial charge in [-0.25, -0.2) is 0 Å². The lowest BCUT2D eigenvalue weighted by molar-refractivity contribution is 1.38. The summed E-state index contributed by atoms with van der Waals surface area (Å²) in [6, 6.07) is 8.90. The molecule has 0 saturated heterocycles. The summed E-state index contributed by atoms with van der Waals surface area (Å²) in [5, 5.41) is 0. The molecule has 0 atom stereocenters. The molecule has 5 heteroatoms. The predicted octanol–water partition coefficient (Wildman–Crippen LogP) is 4.88. The average Bonchev–Trinajstić information content (AvgIpc) is 2.65. The van der Waals surface area contributed by atoms with Gasteiger partial charge in [0, 0.05) is 11.4 Å². The van der Waals surface area contributed by atoms with Crippen LogP contribution in [0.4, 0.5) is 11.4 Å². The van der Waals surface area contributed by atoms with Gasteiger partial charge in [-0.2, -0.15) is 0 Å². The Morgan fingerprint density at radius 1 is 0.857 bits per heavy atom. The molecular weight excluding hydrogens is 304 g/mol. The Balaban J connectivity index is 2.73. The summed E-state index contributed by atoms with van der Waals surface area (Å²) < 4.78 is 5.53. The third-order valence-electron chi connectivity index (χ3n) is 4.61. The van der Waals surface area contributed by atoms with Crippen LogP contribution in [0.2, 0.25) is 39.3 Å². The number of benzene rings is 1. The molecule has 0 bridgehead atoms. The molecule has 0 radical (unpaired) electrons. The maximum Gasteiger partial charge on any atom is 0.242 e. The van der Waals surface area contributed by atoms with Crippen molar-refractivity contribution in [3.8, 4) is 0 Å². The van der Waals surface area contributed by atoms with E-state index in [1.807, 2.05) is 0 Å². The highest BCUT2D eigenvalue weighted by Crippen LogP contribution is 2.48. The van der Waals surface area contributed by atoms with Crippen LogP contribution in [0.15, 0.2) is 48.8 Å². The lowest BCUT2D eigenvalue weighted by Gasteiger charge is -2.49. The van der Waals surface area contributed by atoms with Crippen LogP contribution in [-0.2, 0) is 0 Å². The number of para-hydroxylation sites is 2. The van der Waals surface area contributed by atoms with Crippen molar-refractivity contribution in [2.75, 3.05) is 8.46 Å². The second kappa shape index (κ2) is 5.00. The van der Waals surface area contributed by atoms with Gasteiger partial charge in [-0.3, -0.25) is 0 Å². The monoisotopic (exact) mass is 332 g/mol. The molecule has 2 nitrogen and oxygen atoms in total. The molecule has 2 rings (SSSR count). The van der Waals surface area contributed by atoms with Crippen LogP contribution in [0.1, 0.15) is 0 Å². The van der Waals surface area contributed by atoms with Crippen LogP contribution in [-0.4, -0.2) is 24.9 Å². The molecule has 0 fully saturated rings. The first-order valence-electron chi connectivity index (χ1n) is 7.56. The van der Waals surface area contributed by atoms with Crippen molar-refractivity contribution in [1.82, 2.24) is 0 Å². The fraction of sp³-hybridized carbons (Fsp3) is 0.375. The summed E-state index contributed by atoms with van der Waals surface area (Å²) >= 11 is 0. The first-order valence-corrected chi connectivity index (χ1v) is 16.5. The Morgan fingerprint density at radius 3 is 1.48 bits per heavy atom. The first-order chi connectivity index (χ1) is 9.59. The van der Waals surface area contributed by atoms with Gasteiger partial charge in [0.1, 0.15) is 0 Å². The van der Waals surface area contributed by atoms with E-state index in [2.05, 4.69) is 96.6 Å². The summed E-state index contributed by atoms with van der Waals surface area (Å²) in [6.07, 6.45) is 0. The van der Waals surface area contributed by atoms with E-state index in [1.165, 1.54) is 11.4 Å². The van der Waals surface area contributed by atoms with Crippen LogP contribution in [0.5, 0.6) is 0 Å². The number of rotatable bonds is 4. The van der Waals surface area contributed by atoms with E-state index in [0.717, 1.165) is 0 Å². The van der Waals surface area contributed by atoms with E-state index in [4.69, 9.17) is 0 Å². The van der Waals surface area contributed by atoms with E-state index in [1.54, 1.807) is 0 Å². The fourth-order valence-electron chi connectivity index (χ4n) is 3.75. The second-order valence-corrected chi connectivity index (χ2v) is 20.5. The quantitative estimate of drug-likeness (QED) is 0.725. The van der Waals surface area contributed by atoms with Crippen molar-refractivity contribution in [3.05, 3.63) is 48.8 Å².